The number of halogens is 2. The first kappa shape index (κ1) is 20.3. The molecule has 0 radical (unpaired) electrons. The van der Waals surface area contributed by atoms with Crippen LogP contribution in [-0.4, -0.2) is 45.2 Å². The fourth-order valence-electron chi connectivity index (χ4n) is 2.56. The lowest BCUT2D eigenvalue weighted by atomic mass is 10.3. The highest BCUT2D eigenvalue weighted by molar-refractivity contribution is 5.85. The second kappa shape index (κ2) is 9.59. The Morgan fingerprint density at radius 3 is 2.73 bits per heavy atom. The van der Waals surface area contributed by atoms with Gasteiger partial charge in [-0.2, -0.15) is 4.98 Å². The zero-order valence-corrected chi connectivity index (χ0v) is 15.6. The Balaban J connectivity index is 0.00000121. The lowest BCUT2D eigenvalue weighted by molar-refractivity contribution is 0.0304. The first-order valence-electron chi connectivity index (χ1n) is 7.80. The van der Waals surface area contributed by atoms with Gasteiger partial charge in [0.15, 0.2) is 0 Å². The standard InChI is InChI=1S/C17H18N4O3.2ClH/c1-2-4-15(5-3-1)21-9-14(8-20-7-6-18-12-20)19-17(21)23-11-16-10-22-13-24-16;;/h1-7,9,12,16H,8,10-11,13H2;2*1H. The maximum atomic E-state index is 5.90. The summed E-state index contributed by atoms with van der Waals surface area (Å²) in [5.41, 5.74) is 1.90. The topological polar surface area (TPSA) is 63.3 Å². The molecule has 1 aromatic carbocycles. The number of nitrogens with zero attached hydrogens (tertiary/aromatic N) is 4. The monoisotopic (exact) mass is 398 g/mol. The van der Waals surface area contributed by atoms with Crippen molar-refractivity contribution in [3.63, 3.8) is 0 Å². The molecule has 1 fully saturated rings. The Hall–Kier alpha value is -2.06. The van der Waals surface area contributed by atoms with Crippen LogP contribution in [0.5, 0.6) is 6.01 Å². The van der Waals surface area contributed by atoms with E-state index in [1.54, 1.807) is 12.5 Å². The highest BCUT2D eigenvalue weighted by Gasteiger charge is 2.19. The van der Waals surface area contributed by atoms with Crippen LogP contribution in [0.2, 0.25) is 0 Å². The molecule has 2 aromatic heterocycles. The first-order valence-corrected chi connectivity index (χ1v) is 7.80. The third-order valence-corrected chi connectivity index (χ3v) is 3.75. The van der Waals surface area contributed by atoms with Crippen LogP contribution in [0.4, 0.5) is 0 Å². The molecule has 3 aromatic rings. The van der Waals surface area contributed by atoms with Gasteiger partial charge in [-0.1, -0.05) is 18.2 Å². The molecule has 9 heteroatoms. The van der Waals surface area contributed by atoms with E-state index in [4.69, 9.17) is 14.2 Å². The molecule has 1 aliphatic heterocycles. The zero-order valence-electron chi connectivity index (χ0n) is 13.9. The number of benzene rings is 1. The highest BCUT2D eigenvalue weighted by atomic mass is 35.5. The highest BCUT2D eigenvalue weighted by Crippen LogP contribution is 2.20. The van der Waals surface area contributed by atoms with E-state index in [1.807, 2.05) is 51.9 Å². The Morgan fingerprint density at radius 2 is 2.04 bits per heavy atom. The van der Waals surface area contributed by atoms with Gasteiger partial charge in [-0.05, 0) is 12.1 Å². The van der Waals surface area contributed by atoms with Crippen LogP contribution >= 0.6 is 24.8 Å². The Bertz CT molecular complexity index is 775. The van der Waals surface area contributed by atoms with Gasteiger partial charge >= 0.3 is 6.01 Å². The summed E-state index contributed by atoms with van der Waals surface area (Å²) in [5, 5.41) is 0. The van der Waals surface area contributed by atoms with Crippen LogP contribution in [0.3, 0.4) is 0 Å². The summed E-state index contributed by atoms with van der Waals surface area (Å²) in [6.45, 7) is 1.93. The van der Waals surface area contributed by atoms with Gasteiger partial charge in [0.1, 0.15) is 19.5 Å². The van der Waals surface area contributed by atoms with Crippen LogP contribution in [0, 0.1) is 0 Å². The van der Waals surface area contributed by atoms with Gasteiger partial charge in [-0.3, -0.25) is 4.57 Å². The zero-order chi connectivity index (χ0) is 16.2. The summed E-state index contributed by atoms with van der Waals surface area (Å²) < 4.78 is 20.4. The SMILES string of the molecule is Cl.Cl.c1ccc(-n2cc(Cn3ccnc3)nc2OCC2COCO2)cc1. The molecule has 26 heavy (non-hydrogen) atoms. The predicted octanol–water partition coefficient (Wildman–Crippen LogP) is 2.71. The van der Waals surface area contributed by atoms with Gasteiger partial charge in [-0.15, -0.1) is 24.8 Å². The summed E-state index contributed by atoms with van der Waals surface area (Å²) >= 11 is 0. The quantitative estimate of drug-likeness (QED) is 0.638. The van der Waals surface area contributed by atoms with Crippen LogP contribution in [-0.2, 0) is 16.0 Å². The average Bonchev–Trinajstić information content (AvgIpc) is 3.36. The predicted molar refractivity (Wildman–Crippen MR) is 101 cm³/mol. The third kappa shape index (κ3) is 4.76. The molecule has 1 saturated heterocycles. The van der Waals surface area contributed by atoms with Crippen molar-refractivity contribution in [2.75, 3.05) is 20.0 Å². The molecule has 0 N–H and O–H groups in total. The summed E-state index contributed by atoms with van der Waals surface area (Å²) in [7, 11) is 0. The van der Waals surface area contributed by atoms with E-state index in [-0.39, 0.29) is 30.9 Å². The van der Waals surface area contributed by atoms with Crippen LogP contribution < -0.4 is 4.74 Å². The number of aromatic nitrogens is 4. The van der Waals surface area contributed by atoms with Crippen molar-refractivity contribution in [3.05, 3.63) is 60.9 Å². The second-order valence-corrected chi connectivity index (χ2v) is 5.54. The van der Waals surface area contributed by atoms with E-state index in [0.29, 0.717) is 32.6 Å². The summed E-state index contributed by atoms with van der Waals surface area (Å²) in [6.07, 6.45) is 7.36. The van der Waals surface area contributed by atoms with Crippen LogP contribution in [0.25, 0.3) is 5.69 Å². The van der Waals surface area contributed by atoms with Crippen molar-refractivity contribution in [3.8, 4) is 11.7 Å². The molecule has 4 rings (SSSR count). The molecule has 0 amide bonds. The van der Waals surface area contributed by atoms with Gasteiger partial charge in [0.2, 0.25) is 0 Å². The Kier molecular flexibility index (Phi) is 7.47. The fraction of sp³-hybridized carbons (Fsp3) is 0.294. The molecular weight excluding hydrogens is 379 g/mol. The third-order valence-electron chi connectivity index (χ3n) is 3.75. The van der Waals surface area contributed by atoms with Crippen molar-refractivity contribution < 1.29 is 14.2 Å². The minimum Gasteiger partial charge on any atom is -0.462 e. The largest absolute Gasteiger partial charge is 0.462 e. The molecular formula is C17H20Cl2N4O3. The molecule has 1 atom stereocenters. The molecule has 0 spiro atoms. The van der Waals surface area contributed by atoms with Crippen molar-refractivity contribution in [1.29, 1.82) is 0 Å². The second-order valence-electron chi connectivity index (χ2n) is 5.54. The maximum Gasteiger partial charge on any atom is 0.301 e. The lowest BCUT2D eigenvalue weighted by Gasteiger charge is -2.11. The number of hydrogen-bond donors (Lipinski definition) is 0. The van der Waals surface area contributed by atoms with E-state index in [0.717, 1.165) is 11.4 Å². The average molecular weight is 399 g/mol. The number of para-hydroxylation sites is 1. The maximum absolute atomic E-state index is 5.90. The van der Waals surface area contributed by atoms with E-state index in [2.05, 4.69) is 9.97 Å². The van der Waals surface area contributed by atoms with Gasteiger partial charge < -0.3 is 18.8 Å². The van der Waals surface area contributed by atoms with Crippen molar-refractivity contribution in [2.24, 2.45) is 0 Å². The van der Waals surface area contributed by atoms with Crippen molar-refractivity contribution in [1.82, 2.24) is 19.1 Å². The molecule has 3 heterocycles. The number of rotatable bonds is 6. The van der Waals surface area contributed by atoms with Crippen LogP contribution in [0.15, 0.2) is 55.2 Å². The molecule has 140 valence electrons. The fourth-order valence-corrected chi connectivity index (χ4v) is 2.56. The molecule has 0 saturated carbocycles. The van der Waals surface area contributed by atoms with Gasteiger partial charge in [0.25, 0.3) is 0 Å². The van der Waals surface area contributed by atoms with Crippen LogP contribution in [0.1, 0.15) is 5.69 Å². The normalized spacial score (nSPS) is 15.9. The van der Waals surface area contributed by atoms with E-state index >= 15 is 0 Å². The van der Waals surface area contributed by atoms with Crippen molar-refractivity contribution >= 4 is 24.8 Å². The van der Waals surface area contributed by atoms with E-state index < -0.39 is 0 Å². The minimum atomic E-state index is -0.0528. The van der Waals surface area contributed by atoms with Gasteiger partial charge in [0, 0.05) is 18.6 Å². The summed E-state index contributed by atoms with van der Waals surface area (Å²) in [5.74, 6) is 0. The number of imidazole rings is 2. The smallest absolute Gasteiger partial charge is 0.301 e. The first-order chi connectivity index (χ1) is 11.9. The van der Waals surface area contributed by atoms with Gasteiger partial charge in [0.05, 0.1) is 30.9 Å². The summed E-state index contributed by atoms with van der Waals surface area (Å²) in [4.78, 5) is 8.68. The minimum absolute atomic E-state index is 0. The van der Waals surface area contributed by atoms with Crippen molar-refractivity contribution in [2.45, 2.75) is 12.6 Å². The summed E-state index contributed by atoms with van der Waals surface area (Å²) in [6, 6.07) is 10.5. The molecule has 1 aliphatic rings. The molecule has 0 bridgehead atoms. The van der Waals surface area contributed by atoms with E-state index in [9.17, 15) is 0 Å². The molecule has 7 nitrogen and oxygen atoms in total. The Labute approximate surface area is 163 Å². The molecule has 0 aliphatic carbocycles. The Morgan fingerprint density at radius 1 is 1.19 bits per heavy atom. The number of hydrogen-bond acceptors (Lipinski definition) is 5. The molecule has 1 unspecified atom stereocenters. The van der Waals surface area contributed by atoms with Gasteiger partial charge in [-0.25, -0.2) is 4.98 Å². The number of ether oxygens (including phenoxy) is 3. The lowest BCUT2D eigenvalue weighted by Crippen LogP contribution is -2.20. The van der Waals surface area contributed by atoms with E-state index in [1.165, 1.54) is 0 Å².